The highest BCUT2D eigenvalue weighted by Gasteiger charge is 2.20. The number of para-hydroxylation sites is 1. The first-order valence-corrected chi connectivity index (χ1v) is 9.42. The Hall–Kier alpha value is -3.25. The van der Waals surface area contributed by atoms with Crippen LogP contribution in [0.15, 0.2) is 66.7 Å². The maximum absolute atomic E-state index is 12.4. The summed E-state index contributed by atoms with van der Waals surface area (Å²) in [6.45, 7) is 2.11. The van der Waals surface area contributed by atoms with Crippen LogP contribution in [-0.2, 0) is 4.74 Å². The molecule has 0 aliphatic carbocycles. The topological polar surface area (TPSA) is 64.1 Å². The third-order valence-electron chi connectivity index (χ3n) is 3.97. The zero-order valence-electron chi connectivity index (χ0n) is 14.7. The molecule has 27 heavy (non-hydrogen) atoms. The predicted molar refractivity (Wildman–Crippen MR) is 109 cm³/mol. The van der Waals surface area contributed by atoms with Crippen molar-refractivity contribution in [2.45, 2.75) is 6.92 Å². The molecule has 0 spiro atoms. The van der Waals surface area contributed by atoms with Gasteiger partial charge in [-0.1, -0.05) is 59.9 Å². The highest BCUT2D eigenvalue weighted by molar-refractivity contribution is 7.18. The van der Waals surface area contributed by atoms with E-state index in [2.05, 4.69) is 15.3 Å². The van der Waals surface area contributed by atoms with Crippen molar-refractivity contribution in [3.05, 3.63) is 71.6 Å². The summed E-state index contributed by atoms with van der Waals surface area (Å²) in [4.78, 5) is 22.1. The summed E-state index contributed by atoms with van der Waals surface area (Å²) in [5.74, 6) is 0.311. The molecule has 0 aliphatic rings. The Bertz CT molecular complexity index is 1090. The summed E-state index contributed by atoms with van der Waals surface area (Å²) in [6.07, 6.45) is 0. The number of thiazole rings is 1. The molecule has 4 aromatic rings. The first kappa shape index (κ1) is 17.2. The van der Waals surface area contributed by atoms with E-state index in [9.17, 15) is 4.79 Å². The van der Waals surface area contributed by atoms with Gasteiger partial charge in [-0.3, -0.25) is 0 Å². The second kappa shape index (κ2) is 7.55. The molecule has 0 atom stereocenters. The summed E-state index contributed by atoms with van der Waals surface area (Å²) in [7, 11) is 0. The SMILES string of the molecule is CCOC(=O)c1sc(Nc2ccc3ccccc3n2)nc1-c1ccccc1. The smallest absolute Gasteiger partial charge is 0.350 e. The third kappa shape index (κ3) is 3.66. The summed E-state index contributed by atoms with van der Waals surface area (Å²) in [6, 6.07) is 21.4. The van der Waals surface area contributed by atoms with Gasteiger partial charge in [0, 0.05) is 10.9 Å². The molecular formula is C21H17N3O2S. The first-order chi connectivity index (χ1) is 13.2. The van der Waals surface area contributed by atoms with Gasteiger partial charge in [0.25, 0.3) is 0 Å². The van der Waals surface area contributed by atoms with Crippen molar-refractivity contribution in [2.24, 2.45) is 0 Å². The fraction of sp³-hybridized carbons (Fsp3) is 0.0952. The first-order valence-electron chi connectivity index (χ1n) is 8.61. The number of nitrogens with zero attached hydrogens (tertiary/aromatic N) is 2. The molecule has 0 saturated carbocycles. The van der Waals surface area contributed by atoms with Crippen LogP contribution in [0.2, 0.25) is 0 Å². The zero-order valence-corrected chi connectivity index (χ0v) is 15.5. The minimum Gasteiger partial charge on any atom is -0.462 e. The van der Waals surface area contributed by atoms with Gasteiger partial charge in [0.05, 0.1) is 17.8 Å². The number of carbonyl (C=O) groups excluding carboxylic acids is 1. The van der Waals surface area contributed by atoms with E-state index < -0.39 is 0 Å². The summed E-state index contributed by atoms with van der Waals surface area (Å²) >= 11 is 1.27. The maximum atomic E-state index is 12.4. The molecule has 134 valence electrons. The van der Waals surface area contributed by atoms with E-state index >= 15 is 0 Å². The Morgan fingerprint density at radius 2 is 1.78 bits per heavy atom. The van der Waals surface area contributed by atoms with Crippen LogP contribution in [0, 0.1) is 0 Å². The Kier molecular flexibility index (Phi) is 4.80. The van der Waals surface area contributed by atoms with Crippen LogP contribution in [-0.4, -0.2) is 22.5 Å². The highest BCUT2D eigenvalue weighted by Crippen LogP contribution is 2.33. The number of hydrogen-bond donors (Lipinski definition) is 1. The Labute approximate surface area is 160 Å². The van der Waals surface area contributed by atoms with Crippen molar-refractivity contribution in [3.63, 3.8) is 0 Å². The Morgan fingerprint density at radius 3 is 2.59 bits per heavy atom. The molecule has 2 heterocycles. The van der Waals surface area contributed by atoms with Crippen LogP contribution in [0.25, 0.3) is 22.2 Å². The van der Waals surface area contributed by atoms with Crippen molar-refractivity contribution in [3.8, 4) is 11.3 Å². The molecule has 0 saturated heterocycles. The molecule has 0 unspecified atom stereocenters. The van der Waals surface area contributed by atoms with E-state index in [0.29, 0.717) is 28.1 Å². The van der Waals surface area contributed by atoms with E-state index in [1.165, 1.54) is 11.3 Å². The molecular weight excluding hydrogens is 358 g/mol. The molecule has 6 heteroatoms. The number of pyridine rings is 1. The quantitative estimate of drug-likeness (QED) is 0.481. The number of benzene rings is 2. The van der Waals surface area contributed by atoms with Crippen LogP contribution in [0.4, 0.5) is 10.9 Å². The Morgan fingerprint density at radius 1 is 1.00 bits per heavy atom. The van der Waals surface area contributed by atoms with Gasteiger partial charge < -0.3 is 10.1 Å². The second-order valence-corrected chi connectivity index (χ2v) is 6.80. The number of rotatable bonds is 5. The highest BCUT2D eigenvalue weighted by atomic mass is 32.1. The normalized spacial score (nSPS) is 10.7. The van der Waals surface area contributed by atoms with Gasteiger partial charge in [0.2, 0.25) is 0 Å². The van der Waals surface area contributed by atoms with Crippen molar-refractivity contribution in [2.75, 3.05) is 11.9 Å². The van der Waals surface area contributed by atoms with Crippen LogP contribution in [0.1, 0.15) is 16.6 Å². The van der Waals surface area contributed by atoms with Gasteiger partial charge in [-0.15, -0.1) is 0 Å². The molecule has 2 aromatic heterocycles. The van der Waals surface area contributed by atoms with Crippen LogP contribution in [0.5, 0.6) is 0 Å². The van der Waals surface area contributed by atoms with E-state index in [4.69, 9.17) is 4.74 Å². The van der Waals surface area contributed by atoms with E-state index in [1.807, 2.05) is 66.7 Å². The van der Waals surface area contributed by atoms with Gasteiger partial charge in [0.15, 0.2) is 5.13 Å². The van der Waals surface area contributed by atoms with E-state index in [0.717, 1.165) is 16.5 Å². The van der Waals surface area contributed by atoms with Crippen molar-refractivity contribution < 1.29 is 9.53 Å². The molecule has 0 fully saturated rings. The molecule has 0 radical (unpaired) electrons. The maximum Gasteiger partial charge on any atom is 0.350 e. The largest absolute Gasteiger partial charge is 0.462 e. The summed E-state index contributed by atoms with van der Waals surface area (Å²) < 4.78 is 5.20. The van der Waals surface area contributed by atoms with Gasteiger partial charge in [0.1, 0.15) is 10.7 Å². The number of ether oxygens (including phenoxy) is 1. The minimum atomic E-state index is -0.367. The minimum absolute atomic E-state index is 0.319. The predicted octanol–water partition coefficient (Wildman–Crippen LogP) is 5.28. The summed E-state index contributed by atoms with van der Waals surface area (Å²) in [5.41, 5.74) is 2.38. The molecule has 5 nitrogen and oxygen atoms in total. The molecule has 0 aliphatic heterocycles. The number of anilines is 2. The van der Waals surface area contributed by atoms with Gasteiger partial charge in [-0.2, -0.15) is 0 Å². The number of aromatic nitrogens is 2. The van der Waals surface area contributed by atoms with Crippen molar-refractivity contribution in [1.82, 2.24) is 9.97 Å². The van der Waals surface area contributed by atoms with E-state index in [1.54, 1.807) is 6.92 Å². The molecule has 0 amide bonds. The second-order valence-electron chi connectivity index (χ2n) is 5.80. The van der Waals surface area contributed by atoms with Crippen molar-refractivity contribution in [1.29, 1.82) is 0 Å². The third-order valence-corrected chi connectivity index (χ3v) is 4.92. The number of nitrogens with one attached hydrogen (secondary N) is 1. The number of hydrogen-bond acceptors (Lipinski definition) is 6. The Balaban J connectivity index is 1.71. The lowest BCUT2D eigenvalue weighted by molar-refractivity contribution is 0.0532. The zero-order chi connectivity index (χ0) is 18.6. The van der Waals surface area contributed by atoms with Gasteiger partial charge >= 0.3 is 5.97 Å². The van der Waals surface area contributed by atoms with Crippen LogP contribution < -0.4 is 5.32 Å². The lowest BCUT2D eigenvalue weighted by Gasteiger charge is -2.03. The molecule has 2 aromatic carbocycles. The number of esters is 1. The number of carbonyl (C=O) groups is 1. The lowest BCUT2D eigenvalue weighted by atomic mass is 10.1. The molecule has 1 N–H and O–H groups in total. The average molecular weight is 375 g/mol. The van der Waals surface area contributed by atoms with Gasteiger partial charge in [-0.25, -0.2) is 14.8 Å². The van der Waals surface area contributed by atoms with Crippen molar-refractivity contribution >= 4 is 39.2 Å². The monoisotopic (exact) mass is 375 g/mol. The van der Waals surface area contributed by atoms with E-state index in [-0.39, 0.29) is 5.97 Å². The van der Waals surface area contributed by atoms with Crippen LogP contribution >= 0.6 is 11.3 Å². The standard InChI is InChI=1S/C21H17N3O2S/c1-2-26-20(25)19-18(15-9-4-3-5-10-15)24-21(27-19)23-17-13-12-14-8-6-7-11-16(14)22-17/h3-13H,2H2,1H3,(H,22,23,24). The molecule has 0 bridgehead atoms. The average Bonchev–Trinajstić information content (AvgIpc) is 3.13. The lowest BCUT2D eigenvalue weighted by Crippen LogP contribution is -2.03. The number of fused-ring (bicyclic) bond motifs is 1. The van der Waals surface area contributed by atoms with Crippen LogP contribution in [0.3, 0.4) is 0 Å². The fourth-order valence-electron chi connectivity index (χ4n) is 2.75. The molecule has 4 rings (SSSR count). The summed E-state index contributed by atoms with van der Waals surface area (Å²) in [5, 5.41) is 4.88. The fourth-order valence-corrected chi connectivity index (χ4v) is 3.63. The van der Waals surface area contributed by atoms with Gasteiger partial charge in [-0.05, 0) is 25.1 Å².